The first kappa shape index (κ1) is 13.9. The Labute approximate surface area is 98.9 Å². The summed E-state index contributed by atoms with van der Waals surface area (Å²) in [6.07, 6.45) is 5.00. The first-order valence-corrected chi connectivity index (χ1v) is 6.44. The van der Waals surface area contributed by atoms with Crippen LogP contribution in [0, 0.1) is 5.92 Å². The predicted molar refractivity (Wildman–Crippen MR) is 66.2 cm³/mol. The summed E-state index contributed by atoms with van der Waals surface area (Å²) in [5, 5.41) is 11.9. The van der Waals surface area contributed by atoms with Gasteiger partial charge in [0.2, 0.25) is 0 Å². The topological polar surface area (TPSA) is 75.5 Å². The fourth-order valence-electron chi connectivity index (χ4n) is 2.82. The average Bonchev–Trinajstić information content (AvgIpc) is 2.49. The van der Waals surface area contributed by atoms with Crippen molar-refractivity contribution >= 4 is 0 Å². The highest BCUT2D eigenvalue weighted by molar-refractivity contribution is 4.97. The molecule has 5 N–H and O–H groups in total. The second kappa shape index (κ2) is 5.96. The summed E-state index contributed by atoms with van der Waals surface area (Å²) in [6, 6.07) is 0.279. The summed E-state index contributed by atoms with van der Waals surface area (Å²) in [7, 11) is 0. The highest BCUT2D eigenvalue weighted by Gasteiger charge is 2.46. The molecule has 96 valence electrons. The van der Waals surface area contributed by atoms with Crippen LogP contribution in [0.4, 0.5) is 0 Å². The van der Waals surface area contributed by atoms with Gasteiger partial charge in [-0.1, -0.05) is 6.92 Å². The molecular formula is C12H27N3O. The third-order valence-electron chi connectivity index (χ3n) is 4.19. The zero-order valence-corrected chi connectivity index (χ0v) is 10.7. The molecule has 1 fully saturated rings. The quantitative estimate of drug-likeness (QED) is 0.642. The number of rotatable bonds is 6. The maximum Gasteiger partial charge on any atom is 0.0462 e. The minimum absolute atomic E-state index is 0.0986. The van der Waals surface area contributed by atoms with Gasteiger partial charge in [0.25, 0.3) is 0 Å². The maximum atomic E-state index is 10.3. The van der Waals surface area contributed by atoms with Crippen LogP contribution in [-0.4, -0.2) is 34.9 Å². The molecule has 3 unspecified atom stereocenters. The molecule has 0 aliphatic carbocycles. The van der Waals surface area contributed by atoms with Gasteiger partial charge in [-0.25, -0.2) is 0 Å². The van der Waals surface area contributed by atoms with Crippen LogP contribution >= 0.6 is 0 Å². The van der Waals surface area contributed by atoms with E-state index in [0.717, 1.165) is 32.1 Å². The fraction of sp³-hybridized carbons (Fsp3) is 1.00. The predicted octanol–water partition coefficient (Wildman–Crippen LogP) is 1.32. The molecule has 0 amide bonds. The maximum absolute atomic E-state index is 10.3. The average molecular weight is 229 g/mol. The summed E-state index contributed by atoms with van der Waals surface area (Å²) in [5.74, 6) is 0.520. The van der Waals surface area contributed by atoms with E-state index in [4.69, 9.17) is 11.5 Å². The molecule has 1 aliphatic rings. The Balaban J connectivity index is 2.58. The number of hydrogen-bond acceptors (Lipinski definition) is 4. The summed E-state index contributed by atoms with van der Waals surface area (Å²) in [4.78, 5) is 0. The van der Waals surface area contributed by atoms with Crippen molar-refractivity contribution in [3.05, 3.63) is 0 Å². The van der Waals surface area contributed by atoms with Crippen LogP contribution in [0.15, 0.2) is 0 Å². The molecule has 0 radical (unpaired) electrons. The van der Waals surface area contributed by atoms with E-state index in [1.165, 1.54) is 0 Å². The van der Waals surface area contributed by atoms with Crippen molar-refractivity contribution in [2.45, 2.75) is 57.5 Å². The second-order valence-electron chi connectivity index (χ2n) is 5.32. The van der Waals surface area contributed by atoms with E-state index in [1.54, 1.807) is 5.06 Å². The molecule has 0 saturated carbocycles. The van der Waals surface area contributed by atoms with Gasteiger partial charge in [-0.05, 0) is 58.0 Å². The van der Waals surface area contributed by atoms with Crippen LogP contribution in [0.1, 0.15) is 46.0 Å². The smallest absolute Gasteiger partial charge is 0.0462 e. The molecule has 0 aromatic rings. The van der Waals surface area contributed by atoms with Crippen LogP contribution in [0.2, 0.25) is 0 Å². The van der Waals surface area contributed by atoms with Gasteiger partial charge in [0.05, 0.1) is 0 Å². The van der Waals surface area contributed by atoms with E-state index in [0.29, 0.717) is 19.0 Å². The van der Waals surface area contributed by atoms with Gasteiger partial charge in [-0.2, -0.15) is 5.06 Å². The number of hydrogen-bond donors (Lipinski definition) is 3. The van der Waals surface area contributed by atoms with Crippen LogP contribution in [0.5, 0.6) is 0 Å². The Morgan fingerprint density at radius 3 is 2.50 bits per heavy atom. The van der Waals surface area contributed by atoms with Crippen molar-refractivity contribution < 1.29 is 5.21 Å². The molecule has 4 heteroatoms. The van der Waals surface area contributed by atoms with Crippen LogP contribution < -0.4 is 11.5 Å². The van der Waals surface area contributed by atoms with Gasteiger partial charge in [0.15, 0.2) is 0 Å². The van der Waals surface area contributed by atoms with E-state index in [-0.39, 0.29) is 11.6 Å². The normalized spacial score (nSPS) is 35.8. The van der Waals surface area contributed by atoms with E-state index in [9.17, 15) is 5.21 Å². The minimum Gasteiger partial charge on any atom is -0.330 e. The summed E-state index contributed by atoms with van der Waals surface area (Å²) >= 11 is 0. The van der Waals surface area contributed by atoms with E-state index >= 15 is 0 Å². The van der Waals surface area contributed by atoms with Gasteiger partial charge >= 0.3 is 0 Å². The lowest BCUT2D eigenvalue weighted by Crippen LogP contribution is -2.45. The van der Waals surface area contributed by atoms with Gasteiger partial charge < -0.3 is 16.7 Å². The van der Waals surface area contributed by atoms with E-state index in [1.807, 2.05) is 0 Å². The minimum atomic E-state index is -0.0986. The first-order valence-electron chi connectivity index (χ1n) is 6.44. The molecule has 0 spiro atoms. The summed E-state index contributed by atoms with van der Waals surface area (Å²) in [6.45, 7) is 5.78. The molecule has 1 aliphatic heterocycles. The van der Waals surface area contributed by atoms with Crippen molar-refractivity contribution in [2.24, 2.45) is 17.4 Å². The lowest BCUT2D eigenvalue weighted by molar-refractivity contribution is -0.179. The highest BCUT2D eigenvalue weighted by atomic mass is 16.5. The Morgan fingerprint density at radius 1 is 1.31 bits per heavy atom. The van der Waals surface area contributed by atoms with E-state index in [2.05, 4.69) is 13.8 Å². The van der Waals surface area contributed by atoms with E-state index < -0.39 is 0 Å². The van der Waals surface area contributed by atoms with Crippen LogP contribution in [0.3, 0.4) is 0 Å². The molecule has 0 aromatic carbocycles. The molecule has 3 atom stereocenters. The molecule has 16 heavy (non-hydrogen) atoms. The molecule has 4 nitrogen and oxygen atoms in total. The Hall–Kier alpha value is -0.160. The van der Waals surface area contributed by atoms with Crippen molar-refractivity contribution in [2.75, 3.05) is 13.1 Å². The van der Waals surface area contributed by atoms with Gasteiger partial charge in [-0.15, -0.1) is 0 Å². The zero-order valence-electron chi connectivity index (χ0n) is 10.7. The SMILES string of the molecule is CC1CC(CCCN)N(O)C1(C)CCCN. The van der Waals surface area contributed by atoms with Gasteiger partial charge in [0, 0.05) is 11.6 Å². The van der Waals surface area contributed by atoms with Gasteiger partial charge in [-0.3, -0.25) is 0 Å². The third-order valence-corrected chi connectivity index (χ3v) is 4.19. The Kier molecular flexibility index (Phi) is 5.18. The summed E-state index contributed by atoms with van der Waals surface area (Å²) < 4.78 is 0. The van der Waals surface area contributed by atoms with Gasteiger partial charge in [0.1, 0.15) is 0 Å². The Morgan fingerprint density at radius 2 is 1.94 bits per heavy atom. The van der Waals surface area contributed by atoms with Crippen LogP contribution in [0.25, 0.3) is 0 Å². The largest absolute Gasteiger partial charge is 0.330 e. The molecule has 1 saturated heterocycles. The van der Waals surface area contributed by atoms with Crippen molar-refractivity contribution in [3.8, 4) is 0 Å². The first-order chi connectivity index (χ1) is 7.56. The zero-order chi connectivity index (χ0) is 12.2. The molecule has 1 heterocycles. The highest BCUT2D eigenvalue weighted by Crippen LogP contribution is 2.41. The molecular weight excluding hydrogens is 202 g/mol. The third kappa shape index (κ3) is 2.74. The number of hydroxylamine groups is 2. The number of nitrogens with zero attached hydrogens (tertiary/aromatic N) is 1. The van der Waals surface area contributed by atoms with Crippen LogP contribution in [-0.2, 0) is 0 Å². The molecule has 0 aromatic heterocycles. The van der Waals surface area contributed by atoms with Crippen molar-refractivity contribution in [3.63, 3.8) is 0 Å². The monoisotopic (exact) mass is 229 g/mol. The standard InChI is InChI=1S/C12H27N3O/c1-10-9-11(5-3-7-13)15(16)12(10,2)6-4-8-14/h10-11,16H,3-9,13-14H2,1-2H3. The molecule has 1 rings (SSSR count). The fourth-order valence-corrected chi connectivity index (χ4v) is 2.82. The lowest BCUT2D eigenvalue weighted by atomic mass is 9.84. The van der Waals surface area contributed by atoms with Crippen molar-refractivity contribution in [1.29, 1.82) is 0 Å². The lowest BCUT2D eigenvalue weighted by Gasteiger charge is -2.36. The van der Waals surface area contributed by atoms with Crippen molar-refractivity contribution in [1.82, 2.24) is 5.06 Å². The number of nitrogens with two attached hydrogens (primary N) is 2. The Bertz CT molecular complexity index is 212. The second-order valence-corrected chi connectivity index (χ2v) is 5.32. The summed E-state index contributed by atoms with van der Waals surface area (Å²) in [5.41, 5.74) is 11.0. The molecule has 0 bridgehead atoms.